The lowest BCUT2D eigenvalue weighted by atomic mass is 9.79. The number of nitrogens with one attached hydrogen (secondary N) is 1. The lowest BCUT2D eigenvalue weighted by molar-refractivity contribution is -0.126. The van der Waals surface area contributed by atoms with Crippen LogP contribution in [0.3, 0.4) is 0 Å². The average molecular weight is 271 g/mol. The number of aliphatic hydroxyl groups excluding tert-OH is 1. The Morgan fingerprint density at radius 3 is 2.32 bits per heavy atom. The lowest BCUT2D eigenvalue weighted by Gasteiger charge is -2.32. The summed E-state index contributed by atoms with van der Waals surface area (Å²) < 4.78 is 5.16. The molecule has 2 unspecified atom stereocenters. The quantitative estimate of drug-likeness (QED) is 0.802. The van der Waals surface area contributed by atoms with Gasteiger partial charge >= 0.3 is 6.09 Å². The highest BCUT2D eigenvalue weighted by molar-refractivity contribution is 5.81. The summed E-state index contributed by atoms with van der Waals surface area (Å²) in [6, 6.07) is -0.558. The van der Waals surface area contributed by atoms with Crippen molar-refractivity contribution in [2.45, 2.75) is 71.1 Å². The van der Waals surface area contributed by atoms with Crippen LogP contribution in [0.2, 0.25) is 0 Å². The topological polar surface area (TPSA) is 75.6 Å². The summed E-state index contributed by atoms with van der Waals surface area (Å²) in [4.78, 5) is 23.0. The first-order valence-corrected chi connectivity index (χ1v) is 6.87. The zero-order chi connectivity index (χ0) is 14.6. The molecule has 0 bridgehead atoms. The molecule has 0 aromatic rings. The van der Waals surface area contributed by atoms with E-state index in [1.807, 2.05) is 0 Å². The lowest BCUT2D eigenvalue weighted by Crippen LogP contribution is -2.49. The van der Waals surface area contributed by atoms with Crippen LogP contribution >= 0.6 is 0 Å². The number of rotatable bonds is 5. The molecule has 19 heavy (non-hydrogen) atoms. The minimum Gasteiger partial charge on any atom is -0.444 e. The minimum absolute atomic E-state index is 0.333. The van der Waals surface area contributed by atoms with Crippen LogP contribution in [0.5, 0.6) is 0 Å². The van der Waals surface area contributed by atoms with E-state index < -0.39 is 23.8 Å². The molecule has 0 heterocycles. The van der Waals surface area contributed by atoms with Gasteiger partial charge in [-0.25, -0.2) is 4.79 Å². The zero-order valence-corrected chi connectivity index (χ0v) is 12.2. The molecule has 0 radical (unpaired) electrons. The number of aliphatic hydroxyl groups is 1. The minimum atomic E-state index is -1.16. The first kappa shape index (κ1) is 16.0. The van der Waals surface area contributed by atoms with E-state index in [9.17, 15) is 14.7 Å². The summed E-state index contributed by atoms with van der Waals surface area (Å²) in [7, 11) is 0. The van der Waals surface area contributed by atoms with Crippen molar-refractivity contribution in [3.8, 4) is 0 Å². The Bertz CT molecular complexity index is 331. The van der Waals surface area contributed by atoms with Gasteiger partial charge in [0.2, 0.25) is 0 Å². The van der Waals surface area contributed by atoms with E-state index >= 15 is 0 Å². The van der Waals surface area contributed by atoms with Crippen LogP contribution in [0.25, 0.3) is 0 Å². The summed E-state index contributed by atoms with van der Waals surface area (Å²) in [5.74, 6) is 0.148. The molecule has 1 saturated carbocycles. The van der Waals surface area contributed by atoms with Gasteiger partial charge in [0.25, 0.3) is 0 Å². The summed E-state index contributed by atoms with van der Waals surface area (Å²) in [5.41, 5.74) is -0.591. The molecular weight excluding hydrogens is 246 g/mol. The summed E-state index contributed by atoms with van der Waals surface area (Å²) in [6.45, 7) is 6.65. The van der Waals surface area contributed by atoms with Gasteiger partial charge in [0.05, 0.1) is 6.04 Å². The second kappa shape index (κ2) is 6.37. The molecule has 2 N–H and O–H groups in total. The molecule has 1 amide bonds. The van der Waals surface area contributed by atoms with Crippen molar-refractivity contribution >= 4 is 11.9 Å². The maximum Gasteiger partial charge on any atom is 0.407 e. The van der Waals surface area contributed by atoms with Gasteiger partial charge in [-0.15, -0.1) is 0 Å². The monoisotopic (exact) mass is 271 g/mol. The van der Waals surface area contributed by atoms with Crippen LogP contribution < -0.4 is 5.32 Å². The predicted octanol–water partition coefficient (Wildman–Crippen LogP) is 2.02. The standard InChI is InChI=1S/C14H25NO4/c1-9(16)12(17)11(8-10-6-5-7-10)15-13(18)19-14(2,3)4/h10-12,17H,5-8H2,1-4H3,(H,15,18). The molecule has 0 spiro atoms. The van der Waals surface area contributed by atoms with Crippen molar-refractivity contribution in [3.63, 3.8) is 0 Å². The number of hydrogen-bond acceptors (Lipinski definition) is 4. The second-order valence-corrected chi connectivity index (χ2v) is 6.34. The molecule has 1 rings (SSSR count). The number of hydrogen-bond donors (Lipinski definition) is 2. The highest BCUT2D eigenvalue weighted by atomic mass is 16.6. The molecule has 110 valence electrons. The Balaban J connectivity index is 2.57. The maximum atomic E-state index is 11.7. The van der Waals surface area contributed by atoms with E-state index in [1.165, 1.54) is 13.3 Å². The summed E-state index contributed by atoms with van der Waals surface area (Å²) in [6.07, 6.45) is 2.25. The van der Waals surface area contributed by atoms with Crippen LogP contribution in [0.4, 0.5) is 4.79 Å². The summed E-state index contributed by atoms with van der Waals surface area (Å²) >= 11 is 0. The number of ketones is 1. The molecular formula is C14H25NO4. The van der Waals surface area contributed by atoms with E-state index in [0.717, 1.165) is 12.8 Å². The van der Waals surface area contributed by atoms with Crippen LogP contribution in [-0.2, 0) is 9.53 Å². The van der Waals surface area contributed by atoms with E-state index in [0.29, 0.717) is 12.3 Å². The normalized spacial score (nSPS) is 19.2. The second-order valence-electron chi connectivity index (χ2n) is 6.34. The van der Waals surface area contributed by atoms with E-state index in [2.05, 4.69) is 5.32 Å². The number of alkyl carbamates (subject to hydrolysis) is 1. The van der Waals surface area contributed by atoms with Crippen molar-refractivity contribution in [1.29, 1.82) is 0 Å². The molecule has 1 fully saturated rings. The fourth-order valence-electron chi connectivity index (χ4n) is 2.10. The Hall–Kier alpha value is -1.10. The maximum absolute atomic E-state index is 11.7. The molecule has 0 aromatic carbocycles. The summed E-state index contributed by atoms with van der Waals surface area (Å²) in [5, 5.41) is 12.5. The third kappa shape index (κ3) is 5.59. The largest absolute Gasteiger partial charge is 0.444 e. The predicted molar refractivity (Wildman–Crippen MR) is 71.8 cm³/mol. The van der Waals surface area contributed by atoms with Gasteiger partial charge in [0.1, 0.15) is 11.7 Å². The first-order chi connectivity index (χ1) is 8.69. The van der Waals surface area contributed by atoms with Gasteiger partial charge in [-0.1, -0.05) is 19.3 Å². The Kier molecular flexibility index (Phi) is 5.35. The Morgan fingerprint density at radius 1 is 1.37 bits per heavy atom. The highest BCUT2D eigenvalue weighted by Crippen LogP contribution is 2.31. The number of carbonyl (C=O) groups is 2. The third-order valence-electron chi connectivity index (χ3n) is 3.31. The van der Waals surface area contributed by atoms with Crippen LogP contribution in [0, 0.1) is 5.92 Å². The number of carbonyl (C=O) groups excluding carboxylic acids is 2. The van der Waals surface area contributed by atoms with Crippen LogP contribution in [-0.4, -0.2) is 34.7 Å². The fraction of sp³-hybridized carbons (Fsp3) is 0.857. The fourth-order valence-corrected chi connectivity index (χ4v) is 2.10. The number of ether oxygens (including phenoxy) is 1. The van der Waals surface area contributed by atoms with Gasteiger partial charge in [-0.3, -0.25) is 4.79 Å². The van der Waals surface area contributed by atoms with Gasteiger partial charge in [-0.05, 0) is 40.0 Å². The van der Waals surface area contributed by atoms with Gasteiger partial charge in [0.15, 0.2) is 5.78 Å². The molecule has 2 atom stereocenters. The van der Waals surface area contributed by atoms with Crippen molar-refractivity contribution in [1.82, 2.24) is 5.32 Å². The van der Waals surface area contributed by atoms with Gasteiger partial charge < -0.3 is 15.2 Å². The molecule has 0 aliphatic heterocycles. The Labute approximate surface area is 114 Å². The number of Topliss-reactive ketones (excluding diaryl/α,β-unsaturated/α-hetero) is 1. The molecule has 1 aliphatic carbocycles. The molecule has 0 aromatic heterocycles. The molecule has 5 heteroatoms. The third-order valence-corrected chi connectivity index (χ3v) is 3.31. The van der Waals surface area contributed by atoms with Crippen molar-refractivity contribution < 1.29 is 19.4 Å². The van der Waals surface area contributed by atoms with Crippen molar-refractivity contribution in [2.75, 3.05) is 0 Å². The molecule has 0 saturated heterocycles. The molecule has 1 aliphatic rings. The Morgan fingerprint density at radius 2 is 1.95 bits per heavy atom. The highest BCUT2D eigenvalue weighted by Gasteiger charge is 2.31. The smallest absolute Gasteiger partial charge is 0.407 e. The van der Waals surface area contributed by atoms with Gasteiger partial charge in [-0.2, -0.15) is 0 Å². The SMILES string of the molecule is CC(=O)C(O)C(CC1CCC1)NC(=O)OC(C)(C)C. The number of amides is 1. The van der Waals surface area contributed by atoms with E-state index in [-0.39, 0.29) is 5.78 Å². The van der Waals surface area contributed by atoms with Gasteiger partial charge in [0, 0.05) is 0 Å². The first-order valence-electron chi connectivity index (χ1n) is 6.87. The average Bonchev–Trinajstić information content (AvgIpc) is 2.17. The zero-order valence-electron chi connectivity index (χ0n) is 12.2. The van der Waals surface area contributed by atoms with E-state index in [4.69, 9.17) is 4.74 Å². The van der Waals surface area contributed by atoms with Crippen molar-refractivity contribution in [3.05, 3.63) is 0 Å². The molecule has 5 nitrogen and oxygen atoms in total. The van der Waals surface area contributed by atoms with Crippen molar-refractivity contribution in [2.24, 2.45) is 5.92 Å². The van der Waals surface area contributed by atoms with E-state index in [1.54, 1.807) is 20.8 Å². The van der Waals surface area contributed by atoms with Crippen LogP contribution in [0.15, 0.2) is 0 Å². The van der Waals surface area contributed by atoms with Crippen LogP contribution in [0.1, 0.15) is 53.4 Å².